The van der Waals surface area contributed by atoms with E-state index in [9.17, 15) is 9.18 Å². The largest absolute Gasteiger partial charge is 0.444 e. The zero-order chi connectivity index (χ0) is 23.8. The summed E-state index contributed by atoms with van der Waals surface area (Å²) in [6, 6.07) is 0. The van der Waals surface area contributed by atoms with Gasteiger partial charge in [-0.1, -0.05) is 62.3 Å². The maximum absolute atomic E-state index is 14.5. The highest BCUT2D eigenvalue weighted by atomic mass is 32.3. The molecule has 0 radical (unpaired) electrons. The van der Waals surface area contributed by atoms with E-state index in [0.29, 0.717) is 13.1 Å². The molecule has 1 rings (SSSR count). The fraction of sp³-hybridized carbons (Fsp3) is 0.957. The van der Waals surface area contributed by atoms with Crippen LogP contribution >= 0.6 is 10.3 Å². The van der Waals surface area contributed by atoms with Crippen molar-refractivity contribution < 1.29 is 18.1 Å². The first-order valence-corrected chi connectivity index (χ1v) is 13.2. The number of halogens is 1. The lowest BCUT2D eigenvalue weighted by molar-refractivity contribution is 0.0253. The second-order valence-corrected chi connectivity index (χ2v) is 13.5. The van der Waals surface area contributed by atoms with E-state index in [1.165, 1.54) is 0 Å². The Morgan fingerprint density at radius 3 is 1.93 bits per heavy atom. The highest BCUT2D eigenvalue weighted by Gasteiger charge is 2.52. The number of carbonyl (C=O) groups excluding carboxylic acids is 1. The monoisotopic (exact) mass is 439 g/mol. The van der Waals surface area contributed by atoms with Crippen LogP contribution in [0.25, 0.3) is 0 Å². The van der Waals surface area contributed by atoms with Crippen LogP contribution in [0.4, 0.5) is 9.18 Å². The van der Waals surface area contributed by atoms with E-state index in [-0.39, 0.29) is 10.9 Å². The van der Waals surface area contributed by atoms with Gasteiger partial charge in [-0.3, -0.25) is 0 Å². The Kier molecular flexibility index (Phi) is 12.5. The first-order chi connectivity index (χ1) is 13.1. The lowest BCUT2D eigenvalue weighted by Crippen LogP contribution is -2.43. The minimum absolute atomic E-state index is 0.0124. The van der Waals surface area contributed by atoms with Crippen LogP contribution in [0.2, 0.25) is 0 Å². The zero-order valence-electron chi connectivity index (χ0n) is 21.7. The van der Waals surface area contributed by atoms with Crippen LogP contribution in [-0.2, 0) is 8.92 Å². The summed E-state index contributed by atoms with van der Waals surface area (Å²) in [7, 11) is -1.41. The molecule has 1 heterocycles. The number of likely N-dealkylation sites (tertiary alicyclic amines) is 1. The zero-order valence-corrected chi connectivity index (χ0v) is 22.6. The molecule has 0 bridgehead atoms. The maximum Gasteiger partial charge on any atom is 0.410 e. The predicted molar refractivity (Wildman–Crippen MR) is 128 cm³/mol. The average molecular weight is 440 g/mol. The summed E-state index contributed by atoms with van der Waals surface area (Å²) < 4.78 is 26.6. The van der Waals surface area contributed by atoms with E-state index < -0.39 is 33.6 Å². The van der Waals surface area contributed by atoms with E-state index in [0.717, 1.165) is 5.75 Å². The highest BCUT2D eigenvalue weighted by molar-refractivity contribution is 8.30. The summed E-state index contributed by atoms with van der Waals surface area (Å²) in [5.41, 5.74) is -1.30. The van der Waals surface area contributed by atoms with Gasteiger partial charge >= 0.3 is 6.09 Å². The predicted octanol–water partition coefficient (Wildman–Crippen LogP) is 7.21. The number of hydrogen-bond acceptors (Lipinski definition) is 3. The first kappa shape index (κ1) is 30.7. The van der Waals surface area contributed by atoms with Gasteiger partial charge in [0.15, 0.2) is 0 Å². The third-order valence-corrected chi connectivity index (χ3v) is 9.74. The van der Waals surface area contributed by atoms with Crippen molar-refractivity contribution in [3.63, 3.8) is 0 Å². The van der Waals surface area contributed by atoms with E-state index in [1.807, 2.05) is 55.4 Å². The molecule has 4 atom stereocenters. The first-order valence-electron chi connectivity index (χ1n) is 11.1. The standard InChI is InChI=1S/C19H38FNO3S.2C2H6/c1-11-25(10,18(6,7)8)24-15-12-21(13-19(15,9)14(2)20)16(22)23-17(3,4)5;2*1-2/h14-15H,11-13H2,1-10H3;2*1-2H3. The number of rotatable bonds is 4. The second-order valence-electron chi connectivity index (χ2n) is 9.47. The lowest BCUT2D eigenvalue weighted by atomic mass is 9.83. The molecule has 1 saturated heterocycles. The minimum atomic E-state index is -1.41. The molecule has 1 amide bonds. The highest BCUT2D eigenvalue weighted by Crippen LogP contribution is 2.59. The van der Waals surface area contributed by atoms with Gasteiger partial charge in [0, 0.05) is 16.7 Å². The maximum atomic E-state index is 14.5. The summed E-state index contributed by atoms with van der Waals surface area (Å²) in [4.78, 5) is 14.1. The molecule has 1 aliphatic heterocycles. The van der Waals surface area contributed by atoms with Crippen molar-refractivity contribution in [1.82, 2.24) is 4.90 Å². The van der Waals surface area contributed by atoms with E-state index in [1.54, 1.807) is 11.8 Å². The van der Waals surface area contributed by atoms with Crippen LogP contribution in [0.15, 0.2) is 0 Å². The van der Waals surface area contributed by atoms with Crippen LogP contribution in [-0.4, -0.2) is 58.7 Å². The molecule has 4 unspecified atom stereocenters. The second kappa shape index (κ2) is 11.8. The van der Waals surface area contributed by atoms with Crippen molar-refractivity contribution in [3.05, 3.63) is 0 Å². The van der Waals surface area contributed by atoms with Gasteiger partial charge in [0.25, 0.3) is 0 Å². The Labute approximate surface area is 182 Å². The Hall–Kier alpha value is -0.490. The molecule has 0 N–H and O–H groups in total. The van der Waals surface area contributed by atoms with Crippen molar-refractivity contribution >= 4 is 16.4 Å². The van der Waals surface area contributed by atoms with Gasteiger partial charge in [-0.25, -0.2) is 9.18 Å². The van der Waals surface area contributed by atoms with E-state index in [4.69, 9.17) is 8.92 Å². The van der Waals surface area contributed by atoms with Crippen molar-refractivity contribution in [2.75, 3.05) is 25.1 Å². The summed E-state index contributed by atoms with van der Waals surface area (Å²) in [6.07, 6.45) is 0.353. The van der Waals surface area contributed by atoms with Crippen LogP contribution in [0.1, 0.15) is 90.0 Å². The summed E-state index contributed by atoms with van der Waals surface area (Å²) in [5.74, 6) is 0.899. The van der Waals surface area contributed by atoms with E-state index >= 15 is 0 Å². The topological polar surface area (TPSA) is 38.8 Å². The summed E-state index contributed by atoms with van der Waals surface area (Å²) in [5, 5.41) is 0. The van der Waals surface area contributed by atoms with Gasteiger partial charge in [-0.15, -0.1) is 10.3 Å². The average Bonchev–Trinajstić information content (AvgIpc) is 2.94. The molecule has 29 heavy (non-hydrogen) atoms. The van der Waals surface area contributed by atoms with Gasteiger partial charge in [0.05, 0.1) is 12.6 Å². The van der Waals surface area contributed by atoms with E-state index in [2.05, 4.69) is 34.0 Å². The van der Waals surface area contributed by atoms with Gasteiger partial charge in [0.2, 0.25) is 0 Å². The van der Waals surface area contributed by atoms with Crippen LogP contribution < -0.4 is 0 Å². The van der Waals surface area contributed by atoms with Crippen molar-refractivity contribution in [2.24, 2.45) is 5.41 Å². The number of nitrogens with zero attached hydrogens (tertiary/aromatic N) is 1. The SMILES string of the molecule is CC.CC.CCS(C)(OC1CN(C(=O)OC(C)(C)C)CC1(C)C(C)F)C(C)(C)C. The third kappa shape index (κ3) is 8.28. The fourth-order valence-corrected chi connectivity index (χ4v) is 4.96. The normalized spacial score (nSPS) is 26.2. The number of alkyl halides is 1. The number of carbonyl (C=O) groups is 1. The number of amides is 1. The molecule has 4 nitrogen and oxygen atoms in total. The Morgan fingerprint density at radius 1 is 1.17 bits per heavy atom. The van der Waals surface area contributed by atoms with Crippen LogP contribution in [0, 0.1) is 5.41 Å². The van der Waals surface area contributed by atoms with Crippen molar-refractivity contribution in [1.29, 1.82) is 0 Å². The molecule has 1 aliphatic rings. The van der Waals surface area contributed by atoms with Gasteiger partial charge in [-0.05, 0) is 39.7 Å². The van der Waals surface area contributed by atoms with Crippen LogP contribution in [0.3, 0.4) is 0 Å². The molecule has 1 fully saturated rings. The molecular formula is C23H50FNO3S. The summed E-state index contributed by atoms with van der Waals surface area (Å²) in [6.45, 7) is 26.3. The van der Waals surface area contributed by atoms with Gasteiger partial charge < -0.3 is 13.8 Å². The fourth-order valence-electron chi connectivity index (χ4n) is 2.88. The third-order valence-electron chi connectivity index (χ3n) is 5.39. The smallest absolute Gasteiger partial charge is 0.410 e. The Morgan fingerprint density at radius 2 is 1.62 bits per heavy atom. The number of ether oxygens (including phenoxy) is 1. The van der Waals surface area contributed by atoms with Gasteiger partial charge in [-0.2, -0.15) is 0 Å². The lowest BCUT2D eigenvalue weighted by Gasteiger charge is -2.50. The number of hydrogen-bond donors (Lipinski definition) is 0. The van der Waals surface area contributed by atoms with Crippen molar-refractivity contribution in [3.8, 4) is 0 Å². The van der Waals surface area contributed by atoms with Crippen molar-refractivity contribution in [2.45, 2.75) is 113 Å². The molecule has 0 aromatic rings. The van der Waals surface area contributed by atoms with Crippen LogP contribution in [0.5, 0.6) is 0 Å². The molecular weight excluding hydrogens is 389 g/mol. The minimum Gasteiger partial charge on any atom is -0.444 e. The molecule has 0 aromatic heterocycles. The van der Waals surface area contributed by atoms with Gasteiger partial charge in [0.1, 0.15) is 11.8 Å². The molecule has 0 spiro atoms. The molecule has 6 heteroatoms. The quantitative estimate of drug-likeness (QED) is 0.464. The summed E-state index contributed by atoms with van der Waals surface area (Å²) >= 11 is 0. The molecule has 0 aromatic carbocycles. The molecule has 0 aliphatic carbocycles. The Bertz CT molecular complexity index is 487. The molecule has 178 valence electrons. The molecule has 0 saturated carbocycles. The Balaban J connectivity index is 0.